The number of methoxy groups -OCH3 is 1. The zero-order chi connectivity index (χ0) is 11.4. The molecule has 0 radical (unpaired) electrons. The molecule has 1 aromatic heterocycles. The van der Waals surface area contributed by atoms with Gasteiger partial charge in [-0.05, 0) is 11.6 Å². The molecule has 0 aliphatic rings. The molecule has 0 aromatic carbocycles. The number of aliphatic hydroxyl groups is 1. The SMILES string of the molecule is COC(=O)c1cc(CC(O)CN)cn1C. The van der Waals surface area contributed by atoms with Gasteiger partial charge in [-0.2, -0.15) is 0 Å². The first-order chi connectivity index (χ1) is 7.08. The molecule has 0 saturated heterocycles. The van der Waals surface area contributed by atoms with Gasteiger partial charge in [-0.1, -0.05) is 0 Å². The molecule has 0 fully saturated rings. The van der Waals surface area contributed by atoms with Gasteiger partial charge in [0.25, 0.3) is 0 Å². The molecule has 5 heteroatoms. The molecule has 0 saturated carbocycles. The molecule has 5 nitrogen and oxygen atoms in total. The Kier molecular flexibility index (Phi) is 3.88. The van der Waals surface area contributed by atoms with Crippen LogP contribution >= 0.6 is 0 Å². The standard InChI is InChI=1S/C10H16N2O3/c1-12-6-7(3-8(13)5-11)4-9(12)10(14)15-2/h4,6,8,13H,3,5,11H2,1-2H3. The first-order valence-electron chi connectivity index (χ1n) is 4.70. The van der Waals surface area contributed by atoms with Crippen molar-refractivity contribution in [1.82, 2.24) is 4.57 Å². The average Bonchev–Trinajstić information content (AvgIpc) is 2.58. The first-order valence-corrected chi connectivity index (χ1v) is 4.70. The number of ether oxygens (including phenoxy) is 1. The molecule has 3 N–H and O–H groups in total. The minimum atomic E-state index is -0.571. The van der Waals surface area contributed by atoms with Gasteiger partial charge < -0.3 is 20.1 Å². The molecule has 84 valence electrons. The number of esters is 1. The number of carbonyl (C=O) groups excluding carboxylic acids is 1. The lowest BCUT2D eigenvalue weighted by Crippen LogP contribution is -2.21. The third-order valence-electron chi connectivity index (χ3n) is 2.20. The average molecular weight is 212 g/mol. The summed E-state index contributed by atoms with van der Waals surface area (Å²) in [4.78, 5) is 11.3. The molecule has 1 rings (SSSR count). The zero-order valence-electron chi connectivity index (χ0n) is 8.93. The molecule has 1 heterocycles. The van der Waals surface area contributed by atoms with Crippen molar-refractivity contribution in [1.29, 1.82) is 0 Å². The third kappa shape index (κ3) is 2.81. The van der Waals surface area contributed by atoms with E-state index in [1.54, 1.807) is 23.9 Å². The lowest BCUT2D eigenvalue weighted by molar-refractivity contribution is 0.0590. The third-order valence-corrected chi connectivity index (χ3v) is 2.20. The number of nitrogens with two attached hydrogens (primary N) is 1. The fourth-order valence-corrected chi connectivity index (χ4v) is 1.41. The van der Waals surface area contributed by atoms with Crippen LogP contribution in [0.3, 0.4) is 0 Å². The van der Waals surface area contributed by atoms with Gasteiger partial charge in [0.05, 0.1) is 13.2 Å². The molecule has 0 spiro atoms. The van der Waals surface area contributed by atoms with Gasteiger partial charge in [0.15, 0.2) is 0 Å². The van der Waals surface area contributed by atoms with Gasteiger partial charge in [0.2, 0.25) is 0 Å². The normalized spacial score (nSPS) is 12.5. The summed E-state index contributed by atoms with van der Waals surface area (Å²) in [5.41, 5.74) is 6.64. The summed E-state index contributed by atoms with van der Waals surface area (Å²) in [7, 11) is 3.09. The largest absolute Gasteiger partial charge is 0.464 e. The van der Waals surface area contributed by atoms with Crippen LogP contribution in [0.25, 0.3) is 0 Å². The monoisotopic (exact) mass is 212 g/mol. The molecule has 15 heavy (non-hydrogen) atoms. The summed E-state index contributed by atoms with van der Waals surface area (Å²) in [5.74, 6) is -0.383. The number of rotatable bonds is 4. The van der Waals surface area contributed by atoms with Crippen LogP contribution < -0.4 is 5.73 Å². The van der Waals surface area contributed by atoms with Crippen molar-refractivity contribution >= 4 is 5.97 Å². The van der Waals surface area contributed by atoms with Crippen LogP contribution in [0.15, 0.2) is 12.3 Å². The van der Waals surface area contributed by atoms with Crippen molar-refractivity contribution in [2.75, 3.05) is 13.7 Å². The second-order valence-electron chi connectivity index (χ2n) is 3.43. The van der Waals surface area contributed by atoms with E-state index in [9.17, 15) is 9.90 Å². The van der Waals surface area contributed by atoms with Crippen molar-refractivity contribution in [2.45, 2.75) is 12.5 Å². The fraction of sp³-hybridized carbons (Fsp3) is 0.500. The van der Waals surface area contributed by atoms with Crippen LogP contribution in [0.2, 0.25) is 0 Å². The Bertz CT molecular complexity index is 346. The Morgan fingerprint density at radius 2 is 2.40 bits per heavy atom. The maximum Gasteiger partial charge on any atom is 0.354 e. The summed E-state index contributed by atoms with van der Waals surface area (Å²) in [6, 6.07) is 1.70. The van der Waals surface area contributed by atoms with Crippen molar-refractivity contribution in [2.24, 2.45) is 12.8 Å². The minimum Gasteiger partial charge on any atom is -0.464 e. The van der Waals surface area contributed by atoms with Crippen molar-refractivity contribution in [3.63, 3.8) is 0 Å². The Morgan fingerprint density at radius 3 is 2.93 bits per heavy atom. The zero-order valence-corrected chi connectivity index (χ0v) is 8.93. The molecular formula is C10H16N2O3. The maximum absolute atomic E-state index is 11.3. The number of nitrogens with zero attached hydrogens (tertiary/aromatic N) is 1. The molecule has 1 unspecified atom stereocenters. The number of hydrogen-bond acceptors (Lipinski definition) is 4. The van der Waals surface area contributed by atoms with Crippen LogP contribution in [-0.4, -0.2) is 35.4 Å². The summed E-state index contributed by atoms with van der Waals surface area (Å²) in [6.07, 6.45) is 1.66. The number of aromatic nitrogens is 1. The molecular weight excluding hydrogens is 196 g/mol. The smallest absolute Gasteiger partial charge is 0.354 e. The molecule has 1 aromatic rings. The van der Waals surface area contributed by atoms with Gasteiger partial charge in [0, 0.05) is 26.2 Å². The number of hydrogen-bond donors (Lipinski definition) is 2. The van der Waals surface area contributed by atoms with Crippen molar-refractivity contribution in [3.8, 4) is 0 Å². The van der Waals surface area contributed by atoms with Crippen LogP contribution in [-0.2, 0) is 18.2 Å². The summed E-state index contributed by atoms with van der Waals surface area (Å²) >= 11 is 0. The van der Waals surface area contributed by atoms with E-state index in [4.69, 9.17) is 5.73 Å². The van der Waals surface area contributed by atoms with Gasteiger partial charge in [-0.3, -0.25) is 0 Å². The predicted octanol–water partition coefficient (Wildman–Crippen LogP) is -0.326. The summed E-state index contributed by atoms with van der Waals surface area (Å²) < 4.78 is 6.29. The van der Waals surface area contributed by atoms with E-state index in [2.05, 4.69) is 4.74 Å². The topological polar surface area (TPSA) is 77.5 Å². The van der Waals surface area contributed by atoms with Crippen LogP contribution in [0.1, 0.15) is 16.1 Å². The van der Waals surface area contributed by atoms with E-state index in [0.717, 1.165) is 5.56 Å². The quantitative estimate of drug-likeness (QED) is 0.670. The molecule has 0 amide bonds. The lowest BCUT2D eigenvalue weighted by atomic mass is 10.1. The number of carbonyl (C=O) groups is 1. The highest BCUT2D eigenvalue weighted by Crippen LogP contribution is 2.10. The highest BCUT2D eigenvalue weighted by molar-refractivity contribution is 5.87. The highest BCUT2D eigenvalue weighted by Gasteiger charge is 2.13. The lowest BCUT2D eigenvalue weighted by Gasteiger charge is -2.04. The van der Waals surface area contributed by atoms with Crippen LogP contribution in [0.5, 0.6) is 0 Å². The van der Waals surface area contributed by atoms with Crippen LogP contribution in [0, 0.1) is 0 Å². The predicted molar refractivity (Wildman–Crippen MR) is 55.5 cm³/mol. The first kappa shape index (κ1) is 11.7. The van der Waals surface area contributed by atoms with E-state index >= 15 is 0 Å². The van der Waals surface area contributed by atoms with Gasteiger partial charge >= 0.3 is 5.97 Å². The minimum absolute atomic E-state index is 0.211. The molecule has 0 aliphatic carbocycles. The van der Waals surface area contributed by atoms with Crippen LogP contribution in [0.4, 0.5) is 0 Å². The Morgan fingerprint density at radius 1 is 1.73 bits per heavy atom. The number of aliphatic hydroxyl groups excluding tert-OH is 1. The number of aryl methyl sites for hydroxylation is 1. The fourth-order valence-electron chi connectivity index (χ4n) is 1.41. The molecule has 0 bridgehead atoms. The van der Waals surface area contributed by atoms with Gasteiger partial charge in [-0.15, -0.1) is 0 Å². The van der Waals surface area contributed by atoms with E-state index in [1.807, 2.05) is 0 Å². The van der Waals surface area contributed by atoms with E-state index < -0.39 is 6.10 Å². The van der Waals surface area contributed by atoms with Gasteiger partial charge in [-0.25, -0.2) is 4.79 Å². The Hall–Kier alpha value is -1.33. The Balaban J connectivity index is 2.81. The van der Waals surface area contributed by atoms with Crippen molar-refractivity contribution < 1.29 is 14.6 Å². The molecule has 1 atom stereocenters. The van der Waals surface area contributed by atoms with Crippen molar-refractivity contribution in [3.05, 3.63) is 23.5 Å². The summed E-state index contributed by atoms with van der Waals surface area (Å²) in [6.45, 7) is 0.211. The maximum atomic E-state index is 11.3. The van der Waals surface area contributed by atoms with E-state index in [1.165, 1.54) is 7.11 Å². The molecule has 0 aliphatic heterocycles. The Labute approximate surface area is 88.4 Å². The highest BCUT2D eigenvalue weighted by atomic mass is 16.5. The van der Waals surface area contributed by atoms with Gasteiger partial charge in [0.1, 0.15) is 5.69 Å². The van der Waals surface area contributed by atoms with E-state index in [0.29, 0.717) is 12.1 Å². The summed E-state index contributed by atoms with van der Waals surface area (Å²) in [5, 5.41) is 9.36. The second kappa shape index (κ2) is 4.95. The van der Waals surface area contributed by atoms with E-state index in [-0.39, 0.29) is 12.5 Å². The second-order valence-corrected chi connectivity index (χ2v) is 3.43.